The Labute approximate surface area is 632 Å². The Morgan fingerprint density at radius 3 is 1.11 bits per heavy atom. The normalized spacial score (nSPS) is 11.5. The predicted molar refractivity (Wildman–Crippen MR) is 419 cm³/mol. The molecule has 4 rings (SSSR count). The Kier molecular flexibility index (Phi) is 54.8. The van der Waals surface area contributed by atoms with E-state index >= 15 is 0 Å². The molecule has 0 spiro atoms. The molecule has 0 aliphatic rings. The summed E-state index contributed by atoms with van der Waals surface area (Å²) in [6.45, 7) is 27.9. The molecule has 0 aromatic heterocycles. The number of esters is 4. The lowest BCUT2D eigenvalue weighted by Crippen LogP contribution is -2.33. The number of ether oxygens (including phenoxy) is 6. The van der Waals surface area contributed by atoms with Crippen LogP contribution >= 0.6 is 0 Å². The third-order valence-electron chi connectivity index (χ3n) is 15.4. The van der Waals surface area contributed by atoms with E-state index in [1.807, 2.05) is 59.7 Å². The van der Waals surface area contributed by atoms with Gasteiger partial charge in [-0.05, 0) is 266 Å². The lowest BCUT2D eigenvalue weighted by atomic mass is 8.97. The van der Waals surface area contributed by atoms with Crippen LogP contribution < -0.4 is 27.4 Å². The summed E-state index contributed by atoms with van der Waals surface area (Å²) in [6.07, 6.45) is 14.3. The molecule has 0 aliphatic heterocycles. The van der Waals surface area contributed by atoms with Crippen LogP contribution in [0.25, 0.3) is 0 Å². The molecule has 4 aromatic carbocycles. The van der Waals surface area contributed by atoms with Crippen LogP contribution in [0.5, 0.6) is 0 Å². The Morgan fingerprint density at radius 1 is 0.524 bits per heavy atom. The van der Waals surface area contributed by atoms with Gasteiger partial charge in [-0.2, -0.15) is 0 Å². The molecular weight excluding hydrogens is 1340 g/mol. The number of amides is 2. The van der Waals surface area contributed by atoms with Gasteiger partial charge in [-0.25, -0.2) is 27.2 Å². The maximum Gasteiger partial charge on any atom is 0.407 e. The number of hydrogen-bond acceptors (Lipinski definition) is 15. The molecule has 7 radical (unpaired) electrons. The summed E-state index contributed by atoms with van der Waals surface area (Å²) in [7, 11) is 21.3. The van der Waals surface area contributed by atoms with Crippen molar-refractivity contribution in [3.63, 3.8) is 0 Å². The van der Waals surface area contributed by atoms with Crippen molar-refractivity contribution in [1.82, 2.24) is 16.0 Å². The summed E-state index contributed by atoms with van der Waals surface area (Å²) in [5.41, 5.74) is 18.2. The molecule has 0 unspecified atom stereocenters. The van der Waals surface area contributed by atoms with Crippen LogP contribution in [0.4, 0.5) is 27.2 Å². The van der Waals surface area contributed by atoms with Crippen molar-refractivity contribution >= 4 is 72.7 Å². The van der Waals surface area contributed by atoms with Gasteiger partial charge in [0.25, 0.3) is 0 Å². The number of rotatable bonds is 32. The highest BCUT2D eigenvalue weighted by molar-refractivity contribution is 7.60. The standard InChI is InChI=1S/C24H31F2NO2.C21H32FNO4.C16H24FNO2.C12H24N2O4.C5H4.CH4.B5/c1-16-11-19(8-9-22(16)25)15-27-10-6-5-7-21(24(28)29-4)14-20-12-17(2)23(26)18(3)13-20;1-14-11-16(12-15(2)18(14)22)13-17(19(24)26-6)9-7-8-10-23-20(25)27-21(3,4)5;1-11-8-13(9-12(2)15(11)17)10-14(16(19)20-3)6-4-5-7-18;1-12(2,3)18-11(16)14-8-6-5-7-9(13)10(15)17-4;1-3-5-4-2;;1-4-5(2)3/h8-9,11-13,21,27H,5-7,10,14-15H2,1-4H3;11-12,17H,7-10,13H2,1-6H3,(H,23,25);8-9,14H,4-7,10,18H2,1-3H3;9H,5-8,13H2,1-4H3,(H,14,16);1H,2H3;1H4;/t21-;17-;14-;9-;;;/m0001.../s1. The Morgan fingerprint density at radius 2 is 0.838 bits per heavy atom. The molecular formula is C79H119B5F4N5O12. The fourth-order valence-corrected chi connectivity index (χ4v) is 10.3. The topological polar surface area (TPSA) is 246 Å². The number of hydrogen-bond donors (Lipinski definition) is 5. The van der Waals surface area contributed by atoms with Crippen molar-refractivity contribution in [2.24, 2.45) is 29.2 Å². The zero-order chi connectivity index (χ0) is 79.7. The minimum Gasteiger partial charge on any atom is -0.469 e. The molecule has 0 bridgehead atoms. The summed E-state index contributed by atoms with van der Waals surface area (Å²) >= 11 is 0. The number of unbranched alkanes of at least 4 members (excludes halogenated alkanes) is 4. The highest BCUT2D eigenvalue weighted by Gasteiger charge is 2.24. The first-order valence-corrected chi connectivity index (χ1v) is 35.2. The first kappa shape index (κ1) is 102. The molecule has 2 amide bonds. The third kappa shape index (κ3) is 48.2. The van der Waals surface area contributed by atoms with E-state index in [0.29, 0.717) is 97.2 Å². The Balaban J connectivity index is -0.00000128. The lowest BCUT2D eigenvalue weighted by molar-refractivity contribution is -0.146. The van der Waals surface area contributed by atoms with Crippen LogP contribution in [0.15, 0.2) is 54.6 Å². The van der Waals surface area contributed by atoms with Gasteiger partial charge >= 0.3 is 36.1 Å². The maximum atomic E-state index is 13.8. The van der Waals surface area contributed by atoms with Crippen molar-refractivity contribution in [1.29, 1.82) is 0 Å². The van der Waals surface area contributed by atoms with E-state index < -0.39 is 41.8 Å². The number of benzene rings is 4. The average molecular weight is 1460 g/mol. The van der Waals surface area contributed by atoms with Gasteiger partial charge in [0.1, 0.15) is 40.5 Å². The number of aryl methyl sites for hydroxylation is 7. The van der Waals surface area contributed by atoms with Crippen molar-refractivity contribution in [2.75, 3.05) is 54.6 Å². The fraction of sp³-hybridized carbons (Fsp3) is 0.570. The molecule has 0 aliphatic carbocycles. The minimum atomic E-state index is -0.587. The number of terminal acetylenes is 1. The highest BCUT2D eigenvalue weighted by Crippen LogP contribution is 2.25. The minimum absolute atomic E-state index is 0. The molecule has 17 nitrogen and oxygen atoms in total. The van der Waals surface area contributed by atoms with Crippen molar-refractivity contribution in [3.8, 4) is 24.2 Å². The molecule has 0 saturated carbocycles. The molecule has 4 aromatic rings. The van der Waals surface area contributed by atoms with Crippen LogP contribution in [0.1, 0.15) is 194 Å². The molecule has 0 heterocycles. The van der Waals surface area contributed by atoms with Crippen LogP contribution in [0, 0.1) is 114 Å². The number of carbonyl (C=O) groups is 6. The van der Waals surface area contributed by atoms with Gasteiger partial charge < -0.3 is 55.8 Å². The summed E-state index contributed by atoms with van der Waals surface area (Å²) in [5.74, 6) is 4.51. The monoisotopic (exact) mass is 1460 g/mol. The van der Waals surface area contributed by atoms with Gasteiger partial charge in [0.15, 0.2) is 0 Å². The molecule has 0 fully saturated rings. The first-order valence-electron chi connectivity index (χ1n) is 35.2. The second kappa shape index (κ2) is 56.6. The van der Waals surface area contributed by atoms with Crippen molar-refractivity contribution in [2.45, 2.75) is 224 Å². The van der Waals surface area contributed by atoms with E-state index in [-0.39, 0.29) is 66.4 Å². The molecule has 0 saturated heterocycles. The number of methoxy groups -OCH3 is 4. The summed E-state index contributed by atoms with van der Waals surface area (Å²) in [5, 5.41) is 8.70. The van der Waals surface area contributed by atoms with E-state index in [1.54, 1.807) is 85.7 Å². The van der Waals surface area contributed by atoms with Gasteiger partial charge in [-0.1, -0.05) is 81.1 Å². The van der Waals surface area contributed by atoms with E-state index in [0.717, 1.165) is 93.0 Å². The molecule has 26 heteroatoms. The van der Waals surface area contributed by atoms with Gasteiger partial charge in [0, 0.05) is 56.3 Å². The number of carbonyl (C=O) groups excluding carboxylic acids is 6. The first-order chi connectivity index (χ1) is 48.8. The van der Waals surface area contributed by atoms with Crippen molar-refractivity contribution < 1.29 is 74.8 Å². The summed E-state index contributed by atoms with van der Waals surface area (Å²) < 4.78 is 84.0. The third-order valence-corrected chi connectivity index (χ3v) is 15.4. The zero-order valence-electron chi connectivity index (χ0n) is 65.2. The molecule has 105 heavy (non-hydrogen) atoms. The SMILES string of the molecule is C.C#CC#CC.COC(=O)[C@@H](CCCCN)Cc1cc(C)c(F)c(C)c1.COC(=O)[C@@H](CCCCNC(=O)OC(C)(C)C)Cc1cc(C)c(F)c(C)c1.COC(=O)[C@@H](CCCCNCc1ccc(F)c(C)c1)Cc1cc(C)c(F)c(C)c1.COC(=O)[C@H](N)CCCCNC(=O)OC(C)(C)C.[B][B]B([B])[B]. The van der Waals surface area contributed by atoms with E-state index in [1.165, 1.54) is 41.6 Å². The zero-order valence-corrected chi connectivity index (χ0v) is 65.2. The second-order valence-corrected chi connectivity index (χ2v) is 27.2. The number of halogens is 4. The van der Waals surface area contributed by atoms with Crippen LogP contribution in [0.2, 0.25) is 0 Å². The van der Waals surface area contributed by atoms with Gasteiger partial charge in [-0.15, -0.1) is 6.42 Å². The molecule has 7 N–H and O–H groups in total. The van der Waals surface area contributed by atoms with Crippen LogP contribution in [-0.4, -0.2) is 145 Å². The maximum absolute atomic E-state index is 13.8. The smallest absolute Gasteiger partial charge is 0.407 e. The van der Waals surface area contributed by atoms with Gasteiger partial charge in [0.05, 0.1) is 46.2 Å². The van der Waals surface area contributed by atoms with Crippen molar-refractivity contribution in [3.05, 3.63) is 139 Å². The summed E-state index contributed by atoms with van der Waals surface area (Å²) in [4.78, 5) is 70.0. The Hall–Kier alpha value is -7.66. The Bertz CT molecular complexity index is 3270. The number of nitrogens with one attached hydrogen (secondary N) is 3. The average Bonchev–Trinajstić information content (AvgIpc) is 0.878. The quantitative estimate of drug-likeness (QED) is 0.00762. The van der Waals surface area contributed by atoms with E-state index in [9.17, 15) is 46.3 Å². The predicted octanol–water partition coefficient (Wildman–Crippen LogP) is 13.1. The largest absolute Gasteiger partial charge is 0.469 e. The number of alkyl carbamates (subject to hydrolysis) is 2. The van der Waals surface area contributed by atoms with E-state index in [4.69, 9.17) is 64.8 Å². The molecule has 575 valence electrons. The van der Waals surface area contributed by atoms with Crippen LogP contribution in [-0.2, 0) is 73.4 Å². The summed E-state index contributed by atoms with van der Waals surface area (Å²) in [6, 6.07) is 15.3. The fourth-order valence-electron chi connectivity index (χ4n) is 10.3. The second-order valence-electron chi connectivity index (χ2n) is 27.2. The van der Waals surface area contributed by atoms with E-state index in [2.05, 4.69) is 38.4 Å². The molecule has 4 atom stereocenters. The number of nitrogens with two attached hydrogens (primary N) is 2. The lowest BCUT2D eigenvalue weighted by Gasteiger charge is -2.20. The van der Waals surface area contributed by atoms with Crippen LogP contribution in [0.3, 0.4) is 0 Å². The van der Waals surface area contributed by atoms with Gasteiger partial charge in [-0.3, -0.25) is 19.2 Å². The van der Waals surface area contributed by atoms with Gasteiger partial charge in [0.2, 0.25) is 0 Å². The highest BCUT2D eigenvalue weighted by atomic mass is 19.1.